The number of hydrogen-bond donors (Lipinski definition) is 1. The Labute approximate surface area is 216 Å². The monoisotopic (exact) mass is 503 g/mol. The smallest absolute Gasteiger partial charge is 0.246 e. The number of unbranched alkanes of at least 4 members (excludes halogenated alkanes) is 4. The number of ketones is 1. The van der Waals surface area contributed by atoms with Gasteiger partial charge < -0.3 is 20.3 Å². The predicted molar refractivity (Wildman–Crippen MR) is 141 cm³/mol. The summed E-state index contributed by atoms with van der Waals surface area (Å²) in [5.41, 5.74) is 6.41. The van der Waals surface area contributed by atoms with E-state index in [1.807, 2.05) is 26.0 Å². The molecule has 0 saturated carbocycles. The summed E-state index contributed by atoms with van der Waals surface area (Å²) >= 11 is 0. The molecular weight excluding hydrogens is 458 g/mol. The normalized spacial score (nSPS) is 13.6. The molecule has 0 radical (unpaired) electrons. The lowest BCUT2D eigenvalue weighted by Gasteiger charge is -2.36. The van der Waals surface area contributed by atoms with E-state index in [4.69, 9.17) is 10.5 Å². The molecule has 0 bridgehead atoms. The molecule has 36 heavy (non-hydrogen) atoms. The number of hydrogen-bond acceptors (Lipinski definition) is 5. The molecule has 1 aromatic rings. The van der Waals surface area contributed by atoms with Crippen LogP contribution in [0.3, 0.4) is 0 Å². The number of carbonyl (C=O) groups excluding carboxylic acids is 4. The molecule has 0 fully saturated rings. The third-order valence-electron chi connectivity index (χ3n) is 6.76. The lowest BCUT2D eigenvalue weighted by Crippen LogP contribution is -2.57. The van der Waals surface area contributed by atoms with E-state index < -0.39 is 35.7 Å². The molecule has 8 nitrogen and oxygen atoms in total. The zero-order valence-electron chi connectivity index (χ0n) is 23.1. The maximum atomic E-state index is 13.6. The predicted octanol–water partition coefficient (Wildman–Crippen LogP) is 3.60. The van der Waals surface area contributed by atoms with E-state index in [9.17, 15) is 19.2 Å². The van der Waals surface area contributed by atoms with Crippen LogP contribution in [-0.4, -0.2) is 66.6 Å². The van der Waals surface area contributed by atoms with E-state index in [0.29, 0.717) is 12.2 Å². The lowest BCUT2D eigenvalue weighted by atomic mass is 9.96. The van der Waals surface area contributed by atoms with E-state index in [-0.39, 0.29) is 18.1 Å². The molecule has 0 aromatic heterocycles. The second-order valence-corrected chi connectivity index (χ2v) is 9.91. The number of amides is 3. The fraction of sp³-hybridized carbons (Fsp3) is 0.643. The van der Waals surface area contributed by atoms with Crippen molar-refractivity contribution in [1.29, 1.82) is 0 Å². The Hall–Kier alpha value is -2.90. The minimum absolute atomic E-state index is 0.121. The second-order valence-electron chi connectivity index (χ2n) is 9.91. The summed E-state index contributed by atoms with van der Waals surface area (Å²) in [5, 5.41) is 0. The molecule has 3 amide bonds. The molecule has 0 aliphatic heterocycles. The van der Waals surface area contributed by atoms with Gasteiger partial charge in [-0.25, -0.2) is 0 Å². The van der Waals surface area contributed by atoms with Crippen LogP contribution in [0.4, 0.5) is 0 Å². The van der Waals surface area contributed by atoms with Gasteiger partial charge in [-0.3, -0.25) is 19.2 Å². The average Bonchev–Trinajstić information content (AvgIpc) is 2.85. The maximum Gasteiger partial charge on any atom is 0.246 e. The average molecular weight is 504 g/mol. The maximum absolute atomic E-state index is 13.6. The van der Waals surface area contributed by atoms with E-state index in [0.717, 1.165) is 37.7 Å². The standard InChI is InChI=1S/C28H45N3O5/c1-8-9-10-11-12-13-24(32)20(4)27(34)30(5)23(18-21-14-16-22(36-7)17-15-21)28(35)31(6)25(19(2)3)26(29)33/h14-17,19-20,23,25H,8-13,18H2,1-7H3,(H2,29,33)/t20?,23-,25+/m1/s1. The number of nitrogens with two attached hydrogens (primary N) is 1. The largest absolute Gasteiger partial charge is 0.497 e. The van der Waals surface area contributed by atoms with Crippen molar-refractivity contribution in [3.8, 4) is 5.75 Å². The van der Waals surface area contributed by atoms with Crippen molar-refractivity contribution < 1.29 is 23.9 Å². The minimum Gasteiger partial charge on any atom is -0.497 e. The molecule has 1 aromatic carbocycles. The first-order chi connectivity index (χ1) is 17.0. The summed E-state index contributed by atoms with van der Waals surface area (Å²) in [6, 6.07) is 5.51. The van der Waals surface area contributed by atoms with Crippen molar-refractivity contribution in [3.05, 3.63) is 29.8 Å². The molecule has 0 aliphatic carbocycles. The molecular formula is C28H45N3O5. The van der Waals surface area contributed by atoms with Gasteiger partial charge in [-0.05, 0) is 37.0 Å². The number of Topliss-reactive ketones (excluding diaryl/α,β-unsaturated/α-hetero) is 1. The summed E-state index contributed by atoms with van der Waals surface area (Å²) in [6.45, 7) is 7.36. The van der Waals surface area contributed by atoms with Crippen LogP contribution in [0.25, 0.3) is 0 Å². The highest BCUT2D eigenvalue weighted by Gasteiger charge is 2.37. The highest BCUT2D eigenvalue weighted by Crippen LogP contribution is 2.20. The van der Waals surface area contributed by atoms with Crippen molar-refractivity contribution in [1.82, 2.24) is 9.80 Å². The number of primary amides is 1. The Morgan fingerprint density at radius 2 is 1.47 bits per heavy atom. The molecule has 0 saturated heterocycles. The fourth-order valence-electron chi connectivity index (χ4n) is 4.43. The number of carbonyl (C=O) groups is 4. The van der Waals surface area contributed by atoms with E-state index >= 15 is 0 Å². The van der Waals surface area contributed by atoms with Crippen molar-refractivity contribution in [3.63, 3.8) is 0 Å². The van der Waals surface area contributed by atoms with Crippen molar-refractivity contribution >= 4 is 23.5 Å². The van der Waals surface area contributed by atoms with Gasteiger partial charge in [-0.2, -0.15) is 0 Å². The van der Waals surface area contributed by atoms with Crippen molar-refractivity contribution in [2.45, 2.75) is 84.7 Å². The number of benzene rings is 1. The van der Waals surface area contributed by atoms with Crippen LogP contribution in [0.2, 0.25) is 0 Å². The number of nitrogens with zero attached hydrogens (tertiary/aromatic N) is 2. The van der Waals surface area contributed by atoms with Gasteiger partial charge in [0.15, 0.2) is 0 Å². The molecule has 0 spiro atoms. The van der Waals surface area contributed by atoms with Gasteiger partial charge in [0.25, 0.3) is 0 Å². The van der Waals surface area contributed by atoms with Gasteiger partial charge >= 0.3 is 0 Å². The van der Waals surface area contributed by atoms with Gasteiger partial charge in [0.1, 0.15) is 23.6 Å². The molecule has 202 valence electrons. The molecule has 8 heteroatoms. The topological polar surface area (TPSA) is 110 Å². The third-order valence-corrected chi connectivity index (χ3v) is 6.76. The Morgan fingerprint density at radius 3 is 1.97 bits per heavy atom. The molecule has 3 atom stereocenters. The van der Waals surface area contributed by atoms with Crippen molar-refractivity contribution in [2.75, 3.05) is 21.2 Å². The third kappa shape index (κ3) is 8.95. The first-order valence-electron chi connectivity index (χ1n) is 12.9. The highest BCUT2D eigenvalue weighted by molar-refractivity contribution is 6.02. The first-order valence-corrected chi connectivity index (χ1v) is 12.9. The van der Waals surface area contributed by atoms with Crippen molar-refractivity contribution in [2.24, 2.45) is 17.6 Å². The van der Waals surface area contributed by atoms with Gasteiger partial charge in [-0.1, -0.05) is 58.6 Å². The number of ether oxygens (including phenoxy) is 1. The second kappa shape index (κ2) is 15.3. The van der Waals surface area contributed by atoms with Crippen LogP contribution < -0.4 is 10.5 Å². The Kier molecular flexibility index (Phi) is 13.2. The van der Waals surface area contributed by atoms with Crippen LogP contribution in [0.15, 0.2) is 24.3 Å². The van der Waals surface area contributed by atoms with E-state index in [2.05, 4.69) is 6.92 Å². The minimum atomic E-state index is -0.906. The van der Waals surface area contributed by atoms with Crippen LogP contribution in [-0.2, 0) is 25.6 Å². The van der Waals surface area contributed by atoms with Crippen LogP contribution in [0, 0.1) is 11.8 Å². The molecule has 0 heterocycles. The summed E-state index contributed by atoms with van der Waals surface area (Å²) in [5.74, 6) is -1.92. The number of methoxy groups -OCH3 is 1. The summed E-state index contributed by atoms with van der Waals surface area (Å²) in [4.78, 5) is 54.5. The SMILES string of the molecule is CCCCCCCC(=O)C(C)C(=O)N(C)[C@H](Cc1ccc(OC)cc1)C(=O)N(C)[C@H](C(N)=O)C(C)C. The van der Waals surface area contributed by atoms with Gasteiger partial charge in [0.2, 0.25) is 17.7 Å². The Morgan fingerprint density at radius 1 is 0.889 bits per heavy atom. The first kappa shape index (κ1) is 31.1. The zero-order valence-corrected chi connectivity index (χ0v) is 23.1. The van der Waals surface area contributed by atoms with E-state index in [1.165, 1.54) is 16.8 Å². The Balaban J connectivity index is 3.14. The van der Waals surface area contributed by atoms with Gasteiger partial charge in [-0.15, -0.1) is 0 Å². The molecule has 0 aliphatic rings. The number of rotatable bonds is 16. The summed E-state index contributed by atoms with van der Waals surface area (Å²) in [6.07, 6.45) is 5.62. The zero-order chi connectivity index (χ0) is 27.4. The van der Waals surface area contributed by atoms with E-state index in [1.54, 1.807) is 33.2 Å². The Bertz CT molecular complexity index is 868. The molecule has 2 N–H and O–H groups in total. The number of likely N-dealkylation sites (N-methyl/N-ethyl adjacent to an activating group) is 2. The van der Waals surface area contributed by atoms with Gasteiger partial charge in [0, 0.05) is 26.9 Å². The summed E-state index contributed by atoms with van der Waals surface area (Å²) in [7, 11) is 4.64. The summed E-state index contributed by atoms with van der Waals surface area (Å²) < 4.78 is 5.21. The molecule has 1 rings (SSSR count). The quantitative estimate of drug-likeness (QED) is 0.274. The van der Waals surface area contributed by atoms with Crippen LogP contribution >= 0.6 is 0 Å². The molecule has 1 unspecified atom stereocenters. The highest BCUT2D eigenvalue weighted by atomic mass is 16.5. The van der Waals surface area contributed by atoms with Crippen LogP contribution in [0.5, 0.6) is 5.75 Å². The van der Waals surface area contributed by atoms with Gasteiger partial charge in [0.05, 0.1) is 13.0 Å². The lowest BCUT2D eigenvalue weighted by molar-refractivity contribution is -0.150. The van der Waals surface area contributed by atoms with Crippen LogP contribution in [0.1, 0.15) is 71.8 Å². The fourth-order valence-corrected chi connectivity index (χ4v) is 4.43.